The Kier molecular flexibility index (Phi) is 4.90. The summed E-state index contributed by atoms with van der Waals surface area (Å²) in [4.78, 5) is 11.5. The zero-order valence-electron chi connectivity index (χ0n) is 9.03. The van der Waals surface area contributed by atoms with E-state index in [0.717, 1.165) is 12.0 Å². The number of hydrogen-bond acceptors (Lipinski definition) is 3. The summed E-state index contributed by atoms with van der Waals surface area (Å²) in [6, 6.07) is 1.83. The molecule has 0 fully saturated rings. The number of hydrogen-bond donors (Lipinski definition) is 2. The highest BCUT2D eigenvalue weighted by atomic mass is 16.3. The number of nitrogens with two attached hydrogens (primary N) is 1. The van der Waals surface area contributed by atoms with E-state index in [2.05, 4.69) is 5.32 Å². The second kappa shape index (κ2) is 6.24. The van der Waals surface area contributed by atoms with E-state index in [1.54, 1.807) is 12.5 Å². The van der Waals surface area contributed by atoms with Crippen molar-refractivity contribution in [2.45, 2.75) is 26.3 Å². The maximum atomic E-state index is 11.5. The van der Waals surface area contributed by atoms with E-state index in [0.29, 0.717) is 19.5 Å². The molecule has 0 saturated heterocycles. The predicted octanol–water partition coefficient (Wildman–Crippen LogP) is 1.27. The van der Waals surface area contributed by atoms with E-state index in [1.807, 2.05) is 13.0 Å². The molecule has 1 unspecified atom stereocenters. The average molecular weight is 210 g/mol. The van der Waals surface area contributed by atoms with Gasteiger partial charge in [0.2, 0.25) is 5.91 Å². The normalized spacial score (nSPS) is 12.4. The zero-order valence-corrected chi connectivity index (χ0v) is 9.03. The van der Waals surface area contributed by atoms with Crippen molar-refractivity contribution < 1.29 is 9.21 Å². The Hall–Kier alpha value is -1.29. The maximum Gasteiger partial charge on any atom is 0.220 e. The summed E-state index contributed by atoms with van der Waals surface area (Å²) in [5.74, 6) is 0.336. The minimum absolute atomic E-state index is 0.0495. The molecule has 3 N–H and O–H groups in total. The molecular weight excluding hydrogens is 192 g/mol. The van der Waals surface area contributed by atoms with E-state index in [4.69, 9.17) is 10.2 Å². The van der Waals surface area contributed by atoms with Crippen molar-refractivity contribution in [1.29, 1.82) is 0 Å². The van der Waals surface area contributed by atoms with Crippen molar-refractivity contribution in [1.82, 2.24) is 5.32 Å². The van der Waals surface area contributed by atoms with Gasteiger partial charge in [0.25, 0.3) is 0 Å². The minimum atomic E-state index is 0.0495. The smallest absolute Gasteiger partial charge is 0.220 e. The van der Waals surface area contributed by atoms with Gasteiger partial charge < -0.3 is 15.5 Å². The van der Waals surface area contributed by atoms with Gasteiger partial charge in [0.1, 0.15) is 0 Å². The second-order valence-electron chi connectivity index (χ2n) is 3.62. The topological polar surface area (TPSA) is 68.3 Å². The molecule has 1 heterocycles. The Morgan fingerprint density at radius 2 is 2.47 bits per heavy atom. The van der Waals surface area contributed by atoms with Crippen LogP contribution in [0.3, 0.4) is 0 Å². The Labute approximate surface area is 89.8 Å². The lowest BCUT2D eigenvalue weighted by atomic mass is 10.0. The molecule has 0 aromatic carbocycles. The third-order valence-corrected chi connectivity index (χ3v) is 2.45. The van der Waals surface area contributed by atoms with Gasteiger partial charge >= 0.3 is 0 Å². The first kappa shape index (κ1) is 11.8. The summed E-state index contributed by atoms with van der Waals surface area (Å²) in [6.45, 7) is 3.13. The standard InChI is InChI=1S/C11H18N2O2/c1-2-9(6-12)5-11(14)13-7-10-3-4-15-8-10/h3-4,8-9H,2,5-7,12H2,1H3,(H,13,14). The maximum absolute atomic E-state index is 11.5. The van der Waals surface area contributed by atoms with Gasteiger partial charge in [-0.1, -0.05) is 13.3 Å². The fraction of sp³-hybridized carbons (Fsp3) is 0.545. The molecule has 15 heavy (non-hydrogen) atoms. The molecule has 1 rings (SSSR count). The van der Waals surface area contributed by atoms with Crippen LogP contribution in [0, 0.1) is 5.92 Å². The fourth-order valence-corrected chi connectivity index (χ4v) is 1.32. The average Bonchev–Trinajstić information content (AvgIpc) is 2.75. The largest absolute Gasteiger partial charge is 0.472 e. The molecule has 1 aromatic heterocycles. The van der Waals surface area contributed by atoms with Crippen LogP contribution in [0.4, 0.5) is 0 Å². The molecule has 1 aromatic rings. The lowest BCUT2D eigenvalue weighted by Gasteiger charge is -2.11. The van der Waals surface area contributed by atoms with Crippen molar-refractivity contribution >= 4 is 5.91 Å². The van der Waals surface area contributed by atoms with Crippen LogP contribution in [0.2, 0.25) is 0 Å². The number of nitrogens with one attached hydrogen (secondary N) is 1. The summed E-state index contributed by atoms with van der Waals surface area (Å²) >= 11 is 0. The van der Waals surface area contributed by atoms with Gasteiger partial charge in [-0.2, -0.15) is 0 Å². The van der Waals surface area contributed by atoms with Gasteiger partial charge in [0.15, 0.2) is 0 Å². The first-order valence-electron chi connectivity index (χ1n) is 5.24. The van der Waals surface area contributed by atoms with Crippen molar-refractivity contribution in [3.8, 4) is 0 Å². The first-order valence-corrected chi connectivity index (χ1v) is 5.24. The molecule has 0 spiro atoms. The van der Waals surface area contributed by atoms with Crippen LogP contribution in [0.15, 0.2) is 23.0 Å². The SMILES string of the molecule is CCC(CN)CC(=O)NCc1ccoc1. The Morgan fingerprint density at radius 3 is 3.00 bits per heavy atom. The highest BCUT2D eigenvalue weighted by Gasteiger charge is 2.09. The van der Waals surface area contributed by atoms with Crippen molar-refractivity contribution in [3.05, 3.63) is 24.2 Å². The third-order valence-electron chi connectivity index (χ3n) is 2.45. The molecule has 84 valence electrons. The van der Waals surface area contributed by atoms with Gasteiger partial charge in [-0.25, -0.2) is 0 Å². The van der Waals surface area contributed by atoms with Gasteiger partial charge in [0.05, 0.1) is 12.5 Å². The van der Waals surface area contributed by atoms with E-state index >= 15 is 0 Å². The molecule has 0 aliphatic rings. The Balaban J connectivity index is 2.24. The molecule has 4 heteroatoms. The molecule has 0 saturated carbocycles. The van der Waals surface area contributed by atoms with Gasteiger partial charge in [0, 0.05) is 18.5 Å². The summed E-state index contributed by atoms with van der Waals surface area (Å²) in [6.07, 6.45) is 4.66. The van der Waals surface area contributed by atoms with Crippen molar-refractivity contribution in [3.63, 3.8) is 0 Å². The van der Waals surface area contributed by atoms with Gasteiger partial charge in [-0.15, -0.1) is 0 Å². The van der Waals surface area contributed by atoms with Gasteiger partial charge in [-0.05, 0) is 18.5 Å². The third kappa shape index (κ3) is 4.16. The summed E-state index contributed by atoms with van der Waals surface area (Å²) in [5.41, 5.74) is 6.50. The molecule has 4 nitrogen and oxygen atoms in total. The van der Waals surface area contributed by atoms with Crippen LogP contribution in [0.1, 0.15) is 25.3 Å². The van der Waals surface area contributed by atoms with Crippen molar-refractivity contribution in [2.75, 3.05) is 6.54 Å². The monoisotopic (exact) mass is 210 g/mol. The highest BCUT2D eigenvalue weighted by Crippen LogP contribution is 2.06. The number of carbonyl (C=O) groups is 1. The lowest BCUT2D eigenvalue weighted by Crippen LogP contribution is -2.27. The Morgan fingerprint density at radius 1 is 1.67 bits per heavy atom. The highest BCUT2D eigenvalue weighted by molar-refractivity contribution is 5.76. The predicted molar refractivity (Wildman–Crippen MR) is 58.0 cm³/mol. The number of rotatable bonds is 6. The fourth-order valence-electron chi connectivity index (χ4n) is 1.32. The van der Waals surface area contributed by atoms with Crippen LogP contribution >= 0.6 is 0 Å². The molecule has 0 bridgehead atoms. The molecule has 1 atom stereocenters. The summed E-state index contributed by atoms with van der Waals surface area (Å²) < 4.78 is 4.90. The molecular formula is C11H18N2O2. The number of furan rings is 1. The van der Waals surface area contributed by atoms with Crippen LogP contribution in [0.5, 0.6) is 0 Å². The van der Waals surface area contributed by atoms with Crippen LogP contribution in [-0.2, 0) is 11.3 Å². The molecule has 1 amide bonds. The van der Waals surface area contributed by atoms with E-state index < -0.39 is 0 Å². The molecule has 0 aliphatic heterocycles. The molecule has 0 aliphatic carbocycles. The zero-order chi connectivity index (χ0) is 11.1. The van der Waals surface area contributed by atoms with Crippen LogP contribution < -0.4 is 11.1 Å². The first-order chi connectivity index (χ1) is 7.26. The van der Waals surface area contributed by atoms with Crippen LogP contribution in [0.25, 0.3) is 0 Å². The second-order valence-corrected chi connectivity index (χ2v) is 3.62. The summed E-state index contributed by atoms with van der Waals surface area (Å²) in [7, 11) is 0. The lowest BCUT2D eigenvalue weighted by molar-refractivity contribution is -0.122. The van der Waals surface area contributed by atoms with Crippen LogP contribution in [-0.4, -0.2) is 12.5 Å². The van der Waals surface area contributed by atoms with Gasteiger partial charge in [-0.3, -0.25) is 4.79 Å². The van der Waals surface area contributed by atoms with E-state index in [9.17, 15) is 4.79 Å². The number of carbonyl (C=O) groups excluding carboxylic acids is 1. The number of amides is 1. The minimum Gasteiger partial charge on any atom is -0.472 e. The van der Waals surface area contributed by atoms with E-state index in [-0.39, 0.29) is 11.8 Å². The summed E-state index contributed by atoms with van der Waals surface area (Å²) in [5, 5.41) is 2.83. The van der Waals surface area contributed by atoms with E-state index in [1.165, 1.54) is 0 Å². The molecule has 0 radical (unpaired) electrons. The van der Waals surface area contributed by atoms with Crippen molar-refractivity contribution in [2.24, 2.45) is 11.7 Å². The quantitative estimate of drug-likeness (QED) is 0.743. The Bertz CT molecular complexity index is 279.